The molecule has 2 atom stereocenters. The number of morpholine rings is 1. The van der Waals surface area contributed by atoms with Gasteiger partial charge < -0.3 is 9.47 Å². The zero-order valence-electron chi connectivity index (χ0n) is 18.3. The first-order chi connectivity index (χ1) is 16.9. The maximum Gasteiger partial charge on any atom is 0.416 e. The van der Waals surface area contributed by atoms with E-state index in [9.17, 15) is 35.5 Å². The summed E-state index contributed by atoms with van der Waals surface area (Å²) in [4.78, 5) is 15.7. The number of aromatic amines is 2. The third-order valence-corrected chi connectivity index (χ3v) is 5.49. The van der Waals surface area contributed by atoms with Gasteiger partial charge in [-0.05, 0) is 41.5 Å². The van der Waals surface area contributed by atoms with Crippen molar-refractivity contribution in [2.24, 2.45) is 0 Å². The van der Waals surface area contributed by atoms with E-state index in [0.29, 0.717) is 24.2 Å². The summed E-state index contributed by atoms with van der Waals surface area (Å²) in [6.07, 6.45) is -11.1. The van der Waals surface area contributed by atoms with Crippen LogP contribution in [0.5, 0.6) is 0 Å². The molecule has 0 unspecified atom stereocenters. The maximum absolute atomic E-state index is 13.5. The normalized spacial score (nSPS) is 19.5. The highest BCUT2D eigenvalue weighted by molar-refractivity contribution is 5.33. The van der Waals surface area contributed by atoms with Crippen molar-refractivity contribution in [3.05, 3.63) is 86.8 Å². The standard InChI is InChI=1S/C22H19F7N4O3/c23-16-3-1-13(2-4-16)18-19(35-6-5-33(18)10-17-30-20(34)32-31-17)36-11-12-7-14(21(24,25)26)9-15(8-12)22(27,28)29/h1-4,7-9,18-19H,5-6,10-11H2,(H2,30,31,32,34)/t18-,19+/m0/s1. The van der Waals surface area contributed by atoms with E-state index in [0.717, 1.165) is 0 Å². The van der Waals surface area contributed by atoms with Crippen molar-refractivity contribution in [3.63, 3.8) is 0 Å². The van der Waals surface area contributed by atoms with Crippen molar-refractivity contribution in [3.8, 4) is 0 Å². The fourth-order valence-electron chi connectivity index (χ4n) is 3.89. The van der Waals surface area contributed by atoms with E-state index in [1.807, 2.05) is 0 Å². The van der Waals surface area contributed by atoms with Gasteiger partial charge in [-0.25, -0.2) is 14.3 Å². The second kappa shape index (κ2) is 10.0. The number of nitrogens with one attached hydrogen (secondary N) is 2. The lowest BCUT2D eigenvalue weighted by Crippen LogP contribution is -2.46. The molecule has 0 aliphatic carbocycles. The minimum absolute atomic E-state index is 0.0360. The highest BCUT2D eigenvalue weighted by Crippen LogP contribution is 2.37. The topological polar surface area (TPSA) is 83.2 Å². The van der Waals surface area contributed by atoms with Crippen LogP contribution in [-0.2, 0) is 35.0 Å². The van der Waals surface area contributed by atoms with Crippen LogP contribution in [0.2, 0.25) is 0 Å². The van der Waals surface area contributed by atoms with E-state index >= 15 is 0 Å². The molecule has 194 valence electrons. The molecule has 0 bridgehead atoms. The summed E-state index contributed by atoms with van der Waals surface area (Å²) in [5.74, 6) is -0.236. The lowest BCUT2D eigenvalue weighted by Gasteiger charge is -2.40. The number of benzene rings is 2. The van der Waals surface area contributed by atoms with E-state index in [-0.39, 0.29) is 30.6 Å². The van der Waals surface area contributed by atoms with Crippen molar-refractivity contribution in [2.75, 3.05) is 13.2 Å². The molecule has 0 spiro atoms. The van der Waals surface area contributed by atoms with Gasteiger partial charge in [0.1, 0.15) is 11.6 Å². The molecule has 0 saturated carbocycles. The molecule has 36 heavy (non-hydrogen) atoms. The van der Waals surface area contributed by atoms with E-state index in [4.69, 9.17) is 9.47 Å². The van der Waals surface area contributed by atoms with Gasteiger partial charge in [0.25, 0.3) is 0 Å². The lowest BCUT2D eigenvalue weighted by atomic mass is 10.0. The average Bonchev–Trinajstić information content (AvgIpc) is 3.21. The first kappa shape index (κ1) is 25.9. The van der Waals surface area contributed by atoms with Crippen LogP contribution < -0.4 is 5.69 Å². The number of H-pyrrole nitrogens is 2. The number of nitrogens with zero attached hydrogens (tertiary/aromatic N) is 2. The molecule has 2 N–H and O–H groups in total. The van der Waals surface area contributed by atoms with Gasteiger partial charge >= 0.3 is 18.0 Å². The predicted molar refractivity (Wildman–Crippen MR) is 110 cm³/mol. The van der Waals surface area contributed by atoms with Gasteiger partial charge in [0.15, 0.2) is 6.29 Å². The summed E-state index contributed by atoms with van der Waals surface area (Å²) >= 11 is 0. The molecule has 4 rings (SSSR count). The summed E-state index contributed by atoms with van der Waals surface area (Å²) in [7, 11) is 0. The molecule has 1 aromatic heterocycles. The number of aromatic nitrogens is 3. The fraction of sp³-hybridized carbons (Fsp3) is 0.364. The maximum atomic E-state index is 13.5. The van der Waals surface area contributed by atoms with E-state index in [1.165, 1.54) is 24.3 Å². The van der Waals surface area contributed by atoms with Gasteiger partial charge in [0.05, 0.1) is 36.9 Å². The highest BCUT2D eigenvalue weighted by atomic mass is 19.4. The summed E-state index contributed by atoms with van der Waals surface area (Å²) in [6, 6.07) is 5.75. The van der Waals surface area contributed by atoms with Crippen molar-refractivity contribution < 1.29 is 40.2 Å². The molecule has 1 fully saturated rings. The molecular weight excluding hydrogens is 501 g/mol. The van der Waals surface area contributed by atoms with Gasteiger partial charge in [0.2, 0.25) is 0 Å². The van der Waals surface area contributed by atoms with Crippen LogP contribution in [0.1, 0.15) is 34.1 Å². The van der Waals surface area contributed by atoms with Crippen LogP contribution in [0, 0.1) is 5.82 Å². The van der Waals surface area contributed by atoms with Crippen LogP contribution in [0.25, 0.3) is 0 Å². The Hall–Kier alpha value is -3.23. The Balaban J connectivity index is 1.61. The monoisotopic (exact) mass is 520 g/mol. The number of hydrogen-bond acceptors (Lipinski definition) is 5. The molecule has 1 aliphatic rings. The number of alkyl halides is 6. The Morgan fingerprint density at radius 1 is 1.03 bits per heavy atom. The zero-order chi connectivity index (χ0) is 26.1. The third kappa shape index (κ3) is 6.12. The average molecular weight is 520 g/mol. The Labute approximate surface area is 198 Å². The van der Waals surface area contributed by atoms with Crippen molar-refractivity contribution in [1.29, 1.82) is 0 Å². The molecule has 0 amide bonds. The minimum atomic E-state index is -4.99. The lowest BCUT2D eigenvalue weighted by molar-refractivity contribution is -0.218. The number of hydrogen-bond donors (Lipinski definition) is 2. The highest BCUT2D eigenvalue weighted by Gasteiger charge is 2.38. The first-order valence-corrected chi connectivity index (χ1v) is 10.5. The van der Waals surface area contributed by atoms with Gasteiger partial charge in [-0.1, -0.05) is 12.1 Å². The summed E-state index contributed by atoms with van der Waals surface area (Å²) in [6.45, 7) is -0.0970. The Morgan fingerprint density at radius 2 is 1.67 bits per heavy atom. The molecule has 0 radical (unpaired) electrons. The van der Waals surface area contributed by atoms with Crippen LogP contribution in [-0.4, -0.2) is 39.5 Å². The van der Waals surface area contributed by atoms with Gasteiger partial charge in [0, 0.05) is 6.54 Å². The summed E-state index contributed by atoms with van der Waals surface area (Å²) in [5.41, 5.74) is -3.29. The third-order valence-electron chi connectivity index (χ3n) is 5.49. The Morgan fingerprint density at radius 3 is 2.22 bits per heavy atom. The van der Waals surface area contributed by atoms with E-state index < -0.39 is 53.9 Å². The van der Waals surface area contributed by atoms with Crippen molar-refractivity contribution in [2.45, 2.75) is 37.8 Å². The summed E-state index contributed by atoms with van der Waals surface area (Å²) < 4.78 is 104. The van der Waals surface area contributed by atoms with Crippen LogP contribution in [0.15, 0.2) is 47.3 Å². The van der Waals surface area contributed by atoms with Crippen LogP contribution in [0.3, 0.4) is 0 Å². The molecule has 1 aliphatic heterocycles. The van der Waals surface area contributed by atoms with E-state index in [2.05, 4.69) is 15.2 Å². The Bertz CT molecular complexity index is 1210. The quantitative estimate of drug-likeness (QED) is 0.472. The molecular formula is C22H19F7N4O3. The largest absolute Gasteiger partial charge is 0.416 e. The fourth-order valence-corrected chi connectivity index (χ4v) is 3.89. The smallest absolute Gasteiger partial charge is 0.349 e. The first-order valence-electron chi connectivity index (χ1n) is 10.5. The van der Waals surface area contributed by atoms with Gasteiger partial charge in [-0.2, -0.15) is 31.4 Å². The SMILES string of the molecule is O=c1[nH]nc(CN2CCO[C@H](OCc3cc(C(F)(F)F)cc(C(F)(F)F)c3)[C@@H]2c2ccc(F)cc2)[nH]1. The molecule has 14 heteroatoms. The number of halogens is 7. The van der Waals surface area contributed by atoms with Crippen molar-refractivity contribution >= 4 is 0 Å². The van der Waals surface area contributed by atoms with E-state index in [1.54, 1.807) is 4.90 Å². The van der Waals surface area contributed by atoms with Crippen LogP contribution >= 0.6 is 0 Å². The molecule has 1 saturated heterocycles. The molecule has 7 nitrogen and oxygen atoms in total. The van der Waals surface area contributed by atoms with Gasteiger partial charge in [-0.15, -0.1) is 0 Å². The Kier molecular flexibility index (Phi) is 7.20. The number of ether oxygens (including phenoxy) is 2. The van der Waals surface area contributed by atoms with Crippen LogP contribution in [0.4, 0.5) is 30.7 Å². The van der Waals surface area contributed by atoms with Gasteiger partial charge in [-0.3, -0.25) is 9.88 Å². The second-order valence-electron chi connectivity index (χ2n) is 8.06. The molecule has 2 heterocycles. The predicted octanol–water partition coefficient (Wildman–Crippen LogP) is 4.39. The molecule has 2 aromatic carbocycles. The molecule has 3 aromatic rings. The summed E-state index contributed by atoms with van der Waals surface area (Å²) in [5, 5.41) is 6.08. The number of rotatable bonds is 6. The second-order valence-corrected chi connectivity index (χ2v) is 8.06. The van der Waals surface area contributed by atoms with Crippen molar-refractivity contribution in [1.82, 2.24) is 20.1 Å². The zero-order valence-corrected chi connectivity index (χ0v) is 18.3. The minimum Gasteiger partial charge on any atom is -0.349 e.